The van der Waals surface area contributed by atoms with E-state index >= 15 is 0 Å². The Balaban J connectivity index is 2.07. The predicted octanol–water partition coefficient (Wildman–Crippen LogP) is 5.12. The van der Waals surface area contributed by atoms with E-state index in [-0.39, 0.29) is 11.2 Å². The molecule has 0 aromatic heterocycles. The first-order chi connectivity index (χ1) is 10.5. The Morgan fingerprint density at radius 2 is 1.95 bits per heavy atom. The van der Waals surface area contributed by atoms with E-state index in [1.165, 1.54) is 11.8 Å². The van der Waals surface area contributed by atoms with Crippen molar-refractivity contribution in [3.05, 3.63) is 52.5 Å². The number of carbonyl (C=O) groups excluding carboxylic acids is 1. The number of anilines is 1. The molecule has 1 amide bonds. The molecule has 0 aliphatic heterocycles. The van der Waals surface area contributed by atoms with Crippen molar-refractivity contribution in [3.63, 3.8) is 0 Å². The number of ether oxygens (including phenoxy) is 1. The SMILES string of the molecule is COc1ccccc1NC(=O)C(C)Sc1cc(Cl)ccc1Cl. The van der Waals surface area contributed by atoms with Crippen molar-refractivity contribution in [2.45, 2.75) is 17.1 Å². The Bertz CT molecular complexity index is 679. The lowest BCUT2D eigenvalue weighted by atomic mass is 10.3. The third-order valence-corrected chi connectivity index (χ3v) is 4.77. The van der Waals surface area contributed by atoms with Crippen molar-refractivity contribution in [1.29, 1.82) is 0 Å². The Hall–Kier alpha value is -1.36. The van der Waals surface area contributed by atoms with E-state index in [4.69, 9.17) is 27.9 Å². The van der Waals surface area contributed by atoms with Crippen molar-refractivity contribution in [2.75, 3.05) is 12.4 Å². The van der Waals surface area contributed by atoms with Gasteiger partial charge in [-0.1, -0.05) is 35.3 Å². The Labute approximate surface area is 144 Å². The molecule has 0 saturated heterocycles. The lowest BCUT2D eigenvalue weighted by molar-refractivity contribution is -0.115. The number of amides is 1. The molecule has 116 valence electrons. The van der Waals surface area contributed by atoms with Gasteiger partial charge in [0, 0.05) is 9.92 Å². The first-order valence-electron chi connectivity index (χ1n) is 6.57. The third kappa shape index (κ3) is 4.32. The summed E-state index contributed by atoms with van der Waals surface area (Å²) >= 11 is 13.4. The average molecular weight is 356 g/mol. The van der Waals surface area contributed by atoms with E-state index in [2.05, 4.69) is 5.32 Å². The maximum atomic E-state index is 12.3. The number of benzene rings is 2. The second-order valence-corrected chi connectivity index (χ2v) is 6.75. The summed E-state index contributed by atoms with van der Waals surface area (Å²) in [5.74, 6) is 0.486. The molecule has 0 spiro atoms. The Kier molecular flexibility index (Phi) is 6.00. The number of hydrogen-bond acceptors (Lipinski definition) is 3. The highest BCUT2D eigenvalue weighted by Crippen LogP contribution is 2.33. The van der Waals surface area contributed by atoms with Gasteiger partial charge in [-0.25, -0.2) is 0 Å². The van der Waals surface area contributed by atoms with Crippen molar-refractivity contribution in [3.8, 4) is 5.75 Å². The van der Waals surface area contributed by atoms with Gasteiger partial charge in [-0.2, -0.15) is 0 Å². The first kappa shape index (κ1) is 17.0. The quantitative estimate of drug-likeness (QED) is 0.756. The highest BCUT2D eigenvalue weighted by molar-refractivity contribution is 8.00. The van der Waals surface area contributed by atoms with E-state index in [9.17, 15) is 4.79 Å². The Morgan fingerprint density at radius 3 is 2.68 bits per heavy atom. The van der Waals surface area contributed by atoms with Crippen LogP contribution in [0.25, 0.3) is 0 Å². The summed E-state index contributed by atoms with van der Waals surface area (Å²) in [6.45, 7) is 1.81. The van der Waals surface area contributed by atoms with Crippen LogP contribution in [0.3, 0.4) is 0 Å². The van der Waals surface area contributed by atoms with Gasteiger partial charge in [0.05, 0.1) is 23.1 Å². The lowest BCUT2D eigenvalue weighted by Crippen LogP contribution is -2.22. The molecular formula is C16H15Cl2NO2S. The summed E-state index contributed by atoms with van der Waals surface area (Å²) in [7, 11) is 1.56. The fraction of sp³-hybridized carbons (Fsp3) is 0.188. The van der Waals surface area contributed by atoms with Crippen LogP contribution in [0, 0.1) is 0 Å². The van der Waals surface area contributed by atoms with Gasteiger partial charge in [0.15, 0.2) is 0 Å². The number of para-hydroxylation sites is 2. The first-order valence-corrected chi connectivity index (χ1v) is 8.20. The molecule has 0 fully saturated rings. The molecule has 0 aliphatic rings. The molecule has 0 radical (unpaired) electrons. The molecule has 1 atom stereocenters. The van der Waals surface area contributed by atoms with E-state index in [0.29, 0.717) is 21.5 Å². The number of carbonyl (C=O) groups is 1. The van der Waals surface area contributed by atoms with Crippen molar-refractivity contribution in [1.82, 2.24) is 0 Å². The van der Waals surface area contributed by atoms with E-state index < -0.39 is 0 Å². The molecule has 0 bridgehead atoms. The van der Waals surface area contributed by atoms with Crippen LogP contribution < -0.4 is 10.1 Å². The summed E-state index contributed by atoms with van der Waals surface area (Å²) < 4.78 is 5.22. The average Bonchev–Trinajstić information content (AvgIpc) is 2.51. The van der Waals surface area contributed by atoms with Crippen LogP contribution in [-0.4, -0.2) is 18.3 Å². The summed E-state index contributed by atoms with van der Waals surface area (Å²) in [5, 5.41) is 3.68. The van der Waals surface area contributed by atoms with Crippen molar-refractivity contribution >= 4 is 46.6 Å². The second-order valence-electron chi connectivity index (χ2n) is 4.52. The normalized spacial score (nSPS) is 11.8. The van der Waals surface area contributed by atoms with Gasteiger partial charge >= 0.3 is 0 Å². The molecule has 0 heterocycles. The minimum Gasteiger partial charge on any atom is -0.495 e. The monoisotopic (exact) mass is 355 g/mol. The zero-order valence-corrected chi connectivity index (χ0v) is 14.4. The van der Waals surface area contributed by atoms with Gasteiger partial charge < -0.3 is 10.1 Å². The van der Waals surface area contributed by atoms with E-state index in [1.807, 2.05) is 19.1 Å². The molecule has 6 heteroatoms. The van der Waals surface area contributed by atoms with Crippen LogP contribution >= 0.6 is 35.0 Å². The van der Waals surface area contributed by atoms with Crippen LogP contribution in [0.1, 0.15) is 6.92 Å². The van der Waals surface area contributed by atoms with Crippen LogP contribution in [0.5, 0.6) is 5.75 Å². The largest absolute Gasteiger partial charge is 0.495 e. The molecule has 22 heavy (non-hydrogen) atoms. The highest BCUT2D eigenvalue weighted by Gasteiger charge is 2.17. The topological polar surface area (TPSA) is 38.3 Å². The lowest BCUT2D eigenvalue weighted by Gasteiger charge is -2.14. The highest BCUT2D eigenvalue weighted by atomic mass is 35.5. The van der Waals surface area contributed by atoms with Gasteiger partial charge in [-0.05, 0) is 37.3 Å². The molecule has 0 aliphatic carbocycles. The fourth-order valence-electron chi connectivity index (χ4n) is 1.79. The molecule has 1 N–H and O–H groups in total. The third-order valence-electron chi connectivity index (χ3n) is 2.93. The van der Waals surface area contributed by atoms with Crippen molar-refractivity contribution < 1.29 is 9.53 Å². The maximum absolute atomic E-state index is 12.3. The predicted molar refractivity (Wildman–Crippen MR) is 93.4 cm³/mol. The van der Waals surface area contributed by atoms with Crippen LogP contribution in [0.4, 0.5) is 5.69 Å². The molecule has 2 aromatic carbocycles. The zero-order valence-electron chi connectivity index (χ0n) is 12.1. The van der Waals surface area contributed by atoms with Gasteiger partial charge in [0.1, 0.15) is 5.75 Å². The minimum absolute atomic E-state index is 0.134. The smallest absolute Gasteiger partial charge is 0.237 e. The van der Waals surface area contributed by atoms with E-state index in [0.717, 1.165) is 4.90 Å². The van der Waals surface area contributed by atoms with Crippen molar-refractivity contribution in [2.24, 2.45) is 0 Å². The molecule has 3 nitrogen and oxygen atoms in total. The second kappa shape index (κ2) is 7.77. The zero-order chi connectivity index (χ0) is 16.1. The maximum Gasteiger partial charge on any atom is 0.237 e. The summed E-state index contributed by atoms with van der Waals surface area (Å²) in [4.78, 5) is 13.1. The van der Waals surface area contributed by atoms with Gasteiger partial charge in [-0.3, -0.25) is 4.79 Å². The molecule has 2 rings (SSSR count). The molecule has 1 unspecified atom stereocenters. The van der Waals surface area contributed by atoms with Gasteiger partial charge in [0.2, 0.25) is 5.91 Å². The number of rotatable bonds is 5. The molecule has 0 saturated carbocycles. The standard InChI is InChI=1S/C16H15Cl2NO2S/c1-10(22-15-9-11(17)7-8-12(15)18)16(20)19-13-5-3-4-6-14(13)21-2/h3-10H,1-2H3,(H,19,20). The van der Waals surface area contributed by atoms with Crippen LogP contribution in [-0.2, 0) is 4.79 Å². The van der Waals surface area contributed by atoms with Gasteiger partial charge in [-0.15, -0.1) is 11.8 Å². The van der Waals surface area contributed by atoms with Crippen LogP contribution in [0.15, 0.2) is 47.4 Å². The van der Waals surface area contributed by atoms with Crippen LogP contribution in [0.2, 0.25) is 10.0 Å². The number of halogens is 2. The Morgan fingerprint density at radius 1 is 1.23 bits per heavy atom. The number of hydrogen-bond donors (Lipinski definition) is 1. The minimum atomic E-state index is -0.333. The summed E-state index contributed by atoms with van der Waals surface area (Å²) in [5.41, 5.74) is 0.639. The molecule has 2 aromatic rings. The summed E-state index contributed by atoms with van der Waals surface area (Å²) in [6, 6.07) is 12.5. The number of thioether (sulfide) groups is 1. The number of methoxy groups -OCH3 is 1. The van der Waals surface area contributed by atoms with E-state index in [1.54, 1.807) is 37.4 Å². The summed E-state index contributed by atoms with van der Waals surface area (Å²) in [6.07, 6.45) is 0. The molecular weight excluding hydrogens is 341 g/mol. The fourth-order valence-corrected chi connectivity index (χ4v) is 3.20. The number of nitrogens with one attached hydrogen (secondary N) is 1. The van der Waals surface area contributed by atoms with Gasteiger partial charge in [0.25, 0.3) is 0 Å².